The number of aromatic amines is 1. The van der Waals surface area contributed by atoms with E-state index < -0.39 is 0 Å². The zero-order valence-corrected chi connectivity index (χ0v) is 21.5. The third-order valence-corrected chi connectivity index (χ3v) is 5.18. The van der Waals surface area contributed by atoms with E-state index >= 15 is 0 Å². The first kappa shape index (κ1) is 25.7. The van der Waals surface area contributed by atoms with Crippen molar-refractivity contribution in [1.29, 1.82) is 0 Å². The van der Waals surface area contributed by atoms with Crippen molar-refractivity contribution in [3.05, 3.63) is 71.4 Å². The summed E-state index contributed by atoms with van der Waals surface area (Å²) in [5, 5.41) is 8.01. The monoisotopic (exact) mass is 547 g/mol. The van der Waals surface area contributed by atoms with Crippen LogP contribution < -0.4 is 10.6 Å². The van der Waals surface area contributed by atoms with E-state index in [9.17, 15) is 4.79 Å². The van der Waals surface area contributed by atoms with Gasteiger partial charge in [0.2, 0.25) is 0 Å². The fourth-order valence-corrected chi connectivity index (χ4v) is 3.58. The van der Waals surface area contributed by atoms with Gasteiger partial charge in [-0.3, -0.25) is 9.79 Å². The Morgan fingerprint density at radius 3 is 2.66 bits per heavy atom. The van der Waals surface area contributed by atoms with Gasteiger partial charge in [-0.2, -0.15) is 0 Å². The molecule has 0 aliphatic rings. The lowest BCUT2D eigenvalue weighted by Crippen LogP contribution is -2.38. The van der Waals surface area contributed by atoms with Crippen LogP contribution in [-0.4, -0.2) is 55.5 Å². The SMILES string of the molecule is CCNC(=NCCCc1c[nH]c2ccccc12)NCCc1cccc(C(=O)N(C)C)c1.I. The van der Waals surface area contributed by atoms with Gasteiger partial charge in [-0.1, -0.05) is 30.3 Å². The number of amides is 1. The molecule has 7 heteroatoms. The van der Waals surface area contributed by atoms with Gasteiger partial charge in [-0.05, 0) is 55.5 Å². The molecule has 172 valence electrons. The highest BCUT2D eigenvalue weighted by Crippen LogP contribution is 2.18. The van der Waals surface area contributed by atoms with Crippen molar-refractivity contribution in [2.75, 3.05) is 33.7 Å². The Balaban J connectivity index is 0.00000363. The van der Waals surface area contributed by atoms with Gasteiger partial charge in [-0.15, -0.1) is 24.0 Å². The zero-order valence-electron chi connectivity index (χ0n) is 19.1. The minimum absolute atomic E-state index is 0. The van der Waals surface area contributed by atoms with Crippen LogP contribution in [0.4, 0.5) is 0 Å². The molecule has 0 unspecified atom stereocenters. The maximum absolute atomic E-state index is 12.1. The molecule has 0 atom stereocenters. The first-order valence-electron chi connectivity index (χ1n) is 11.0. The highest BCUT2D eigenvalue weighted by molar-refractivity contribution is 14.0. The van der Waals surface area contributed by atoms with Crippen LogP contribution in [0.5, 0.6) is 0 Å². The van der Waals surface area contributed by atoms with Gasteiger partial charge in [0.1, 0.15) is 0 Å². The van der Waals surface area contributed by atoms with Crippen LogP contribution >= 0.6 is 24.0 Å². The Morgan fingerprint density at radius 1 is 1.06 bits per heavy atom. The van der Waals surface area contributed by atoms with Crippen molar-refractivity contribution in [2.24, 2.45) is 4.99 Å². The number of guanidine groups is 1. The Kier molecular flexibility index (Phi) is 10.5. The van der Waals surface area contributed by atoms with Gasteiger partial charge in [0.15, 0.2) is 5.96 Å². The summed E-state index contributed by atoms with van der Waals surface area (Å²) in [6.45, 7) is 4.41. The number of hydrogen-bond donors (Lipinski definition) is 3. The molecule has 3 rings (SSSR count). The molecule has 3 N–H and O–H groups in total. The van der Waals surface area contributed by atoms with Crippen LogP contribution in [0, 0.1) is 0 Å². The Labute approximate surface area is 207 Å². The fourth-order valence-electron chi connectivity index (χ4n) is 3.58. The highest BCUT2D eigenvalue weighted by atomic mass is 127. The van der Waals surface area contributed by atoms with E-state index in [-0.39, 0.29) is 29.9 Å². The Hall–Kier alpha value is -2.55. The molecule has 6 nitrogen and oxygen atoms in total. The molecule has 1 amide bonds. The maximum Gasteiger partial charge on any atom is 0.253 e. The predicted octanol–water partition coefficient (Wildman–Crippen LogP) is 4.22. The number of carbonyl (C=O) groups excluding carboxylic acids is 1. The van der Waals surface area contributed by atoms with E-state index in [0.29, 0.717) is 0 Å². The molecular formula is C25H34IN5O. The molecular weight excluding hydrogens is 513 g/mol. The second-order valence-corrected chi connectivity index (χ2v) is 7.80. The molecule has 0 saturated heterocycles. The van der Waals surface area contributed by atoms with Gasteiger partial charge in [0, 0.05) is 56.4 Å². The topological polar surface area (TPSA) is 72.5 Å². The smallest absolute Gasteiger partial charge is 0.253 e. The van der Waals surface area contributed by atoms with E-state index in [0.717, 1.165) is 56.0 Å². The second kappa shape index (κ2) is 13.1. The molecule has 0 saturated carbocycles. The summed E-state index contributed by atoms with van der Waals surface area (Å²) in [7, 11) is 3.54. The van der Waals surface area contributed by atoms with Crippen LogP contribution in [0.1, 0.15) is 34.8 Å². The number of rotatable bonds is 9. The van der Waals surface area contributed by atoms with Crippen molar-refractivity contribution in [2.45, 2.75) is 26.2 Å². The van der Waals surface area contributed by atoms with Crippen LogP contribution in [0.25, 0.3) is 10.9 Å². The van der Waals surface area contributed by atoms with E-state index in [1.165, 1.54) is 16.5 Å². The first-order valence-corrected chi connectivity index (χ1v) is 11.0. The number of para-hydroxylation sites is 1. The van der Waals surface area contributed by atoms with E-state index in [1.807, 2.05) is 18.2 Å². The minimum atomic E-state index is 0. The number of fused-ring (bicyclic) bond motifs is 1. The molecule has 32 heavy (non-hydrogen) atoms. The first-order chi connectivity index (χ1) is 15.1. The molecule has 3 aromatic rings. The van der Waals surface area contributed by atoms with Crippen molar-refractivity contribution in [3.63, 3.8) is 0 Å². The van der Waals surface area contributed by atoms with Crippen LogP contribution in [-0.2, 0) is 12.8 Å². The lowest BCUT2D eigenvalue weighted by molar-refractivity contribution is 0.0827. The van der Waals surface area contributed by atoms with Crippen molar-refractivity contribution < 1.29 is 4.79 Å². The summed E-state index contributed by atoms with van der Waals surface area (Å²) in [6, 6.07) is 16.2. The molecule has 0 aliphatic heterocycles. The van der Waals surface area contributed by atoms with Gasteiger partial charge in [0.05, 0.1) is 0 Å². The zero-order chi connectivity index (χ0) is 22.1. The summed E-state index contributed by atoms with van der Waals surface area (Å²) in [5.41, 5.74) is 4.39. The number of aliphatic imine (C=N–C) groups is 1. The predicted molar refractivity (Wildman–Crippen MR) is 144 cm³/mol. The van der Waals surface area contributed by atoms with Crippen molar-refractivity contribution >= 4 is 46.7 Å². The summed E-state index contributed by atoms with van der Waals surface area (Å²) in [6.07, 6.45) is 4.92. The van der Waals surface area contributed by atoms with E-state index in [4.69, 9.17) is 4.99 Å². The molecule has 0 fully saturated rings. The van der Waals surface area contributed by atoms with Crippen molar-refractivity contribution in [1.82, 2.24) is 20.5 Å². The standard InChI is InChI=1S/C25H33N5O.HI/c1-4-26-25(27-15-8-11-21-18-29-23-13-6-5-12-22(21)23)28-16-14-19-9-7-10-20(17-19)24(31)30(2)3;/h5-7,9-10,12-13,17-18,29H,4,8,11,14-16H2,1-3H3,(H2,26,27,28);1H. The number of H-pyrrole nitrogens is 1. The van der Waals surface area contributed by atoms with Gasteiger partial charge in [-0.25, -0.2) is 0 Å². The lowest BCUT2D eigenvalue weighted by atomic mass is 10.1. The van der Waals surface area contributed by atoms with Crippen LogP contribution in [0.3, 0.4) is 0 Å². The number of aromatic nitrogens is 1. The Morgan fingerprint density at radius 2 is 1.88 bits per heavy atom. The molecule has 2 aromatic carbocycles. The molecule has 0 bridgehead atoms. The fraction of sp³-hybridized carbons (Fsp3) is 0.360. The third kappa shape index (κ3) is 7.25. The highest BCUT2D eigenvalue weighted by Gasteiger charge is 2.08. The number of nitrogens with zero attached hydrogens (tertiary/aromatic N) is 2. The average Bonchev–Trinajstić information content (AvgIpc) is 3.19. The molecule has 0 aliphatic carbocycles. The number of hydrogen-bond acceptors (Lipinski definition) is 2. The summed E-state index contributed by atoms with van der Waals surface area (Å²) in [5.74, 6) is 0.863. The minimum Gasteiger partial charge on any atom is -0.361 e. The third-order valence-electron chi connectivity index (χ3n) is 5.18. The van der Waals surface area contributed by atoms with Gasteiger partial charge in [0.25, 0.3) is 5.91 Å². The van der Waals surface area contributed by atoms with Gasteiger partial charge >= 0.3 is 0 Å². The number of benzene rings is 2. The quantitative estimate of drug-likeness (QED) is 0.163. The second-order valence-electron chi connectivity index (χ2n) is 7.80. The molecule has 1 aromatic heterocycles. The normalized spacial score (nSPS) is 11.2. The van der Waals surface area contributed by atoms with Crippen LogP contribution in [0.15, 0.2) is 59.7 Å². The van der Waals surface area contributed by atoms with E-state index in [1.54, 1.807) is 19.0 Å². The molecule has 0 spiro atoms. The summed E-state index contributed by atoms with van der Waals surface area (Å²) >= 11 is 0. The molecule has 0 radical (unpaired) electrons. The number of carbonyl (C=O) groups is 1. The average molecular weight is 547 g/mol. The van der Waals surface area contributed by atoms with E-state index in [2.05, 4.69) is 59.1 Å². The summed E-state index contributed by atoms with van der Waals surface area (Å²) < 4.78 is 0. The van der Waals surface area contributed by atoms with Gasteiger partial charge < -0.3 is 20.5 Å². The number of aryl methyl sites for hydroxylation is 1. The number of nitrogens with one attached hydrogen (secondary N) is 3. The maximum atomic E-state index is 12.1. The number of halogens is 1. The summed E-state index contributed by atoms with van der Waals surface area (Å²) in [4.78, 5) is 21.8. The molecule has 1 heterocycles. The Bertz CT molecular complexity index is 1030. The lowest BCUT2D eigenvalue weighted by Gasteiger charge is -2.13. The van der Waals surface area contributed by atoms with Crippen LogP contribution in [0.2, 0.25) is 0 Å². The largest absolute Gasteiger partial charge is 0.361 e. The van der Waals surface area contributed by atoms with Crippen molar-refractivity contribution in [3.8, 4) is 0 Å².